The van der Waals surface area contributed by atoms with Gasteiger partial charge in [-0.25, -0.2) is 0 Å². The van der Waals surface area contributed by atoms with Crippen LogP contribution in [0, 0.1) is 6.92 Å². The van der Waals surface area contributed by atoms with Gasteiger partial charge >= 0.3 is 5.97 Å². The van der Waals surface area contributed by atoms with Gasteiger partial charge in [0.2, 0.25) is 5.91 Å². The molecule has 0 aliphatic carbocycles. The van der Waals surface area contributed by atoms with Gasteiger partial charge in [-0.3, -0.25) is 14.5 Å². The first-order chi connectivity index (χ1) is 15.0. The van der Waals surface area contributed by atoms with Crippen LogP contribution in [0.2, 0.25) is 0 Å². The van der Waals surface area contributed by atoms with Crippen LogP contribution in [0.4, 0.5) is 0 Å². The van der Waals surface area contributed by atoms with E-state index < -0.39 is 0 Å². The minimum Gasteiger partial charge on any atom is -0.465 e. The molecule has 6 heteroatoms. The molecule has 0 spiro atoms. The number of hydrogen-bond donors (Lipinski definition) is 0. The summed E-state index contributed by atoms with van der Waals surface area (Å²) in [6, 6.07) is 14.0. The van der Waals surface area contributed by atoms with Crippen molar-refractivity contribution in [2.45, 2.75) is 53.0 Å². The molecule has 6 nitrogen and oxygen atoms in total. The number of unbranched alkanes of at least 4 members (excludes halogenated alkanes) is 2. The lowest BCUT2D eigenvalue weighted by Crippen LogP contribution is -2.43. The van der Waals surface area contributed by atoms with Gasteiger partial charge in [-0.05, 0) is 50.9 Å². The van der Waals surface area contributed by atoms with Gasteiger partial charge in [0.25, 0.3) is 0 Å². The summed E-state index contributed by atoms with van der Waals surface area (Å²) in [6.45, 7) is 8.20. The standard InChI is InChI=1S/C25H36N2O4/c1-4-6-10-16-26(20-25(29)30-5-2)19-24(28)27(18-23-14-13-21(3)31-23)17-15-22-11-8-7-9-12-22/h7-9,11-14H,4-6,10,15-20H2,1-3H3. The van der Waals surface area contributed by atoms with Crippen molar-refractivity contribution in [1.29, 1.82) is 0 Å². The SMILES string of the molecule is CCCCCN(CC(=O)OCC)CC(=O)N(CCc1ccccc1)Cc1ccc(C)o1. The first kappa shape index (κ1) is 24.7. The lowest BCUT2D eigenvalue weighted by Gasteiger charge is -2.27. The van der Waals surface area contributed by atoms with Gasteiger partial charge in [0.1, 0.15) is 11.5 Å². The lowest BCUT2D eigenvalue weighted by atomic mass is 10.1. The molecule has 0 bridgehead atoms. The van der Waals surface area contributed by atoms with Crippen LogP contribution in [0.25, 0.3) is 0 Å². The molecule has 2 rings (SSSR count). The highest BCUT2D eigenvalue weighted by Gasteiger charge is 2.21. The van der Waals surface area contributed by atoms with Crippen molar-refractivity contribution in [3.63, 3.8) is 0 Å². The van der Waals surface area contributed by atoms with E-state index in [4.69, 9.17) is 9.15 Å². The van der Waals surface area contributed by atoms with Gasteiger partial charge in [0.15, 0.2) is 0 Å². The molecule has 0 unspecified atom stereocenters. The molecule has 1 aromatic heterocycles. The van der Waals surface area contributed by atoms with E-state index in [-0.39, 0.29) is 25.0 Å². The normalized spacial score (nSPS) is 11.0. The summed E-state index contributed by atoms with van der Waals surface area (Å²) < 4.78 is 10.8. The van der Waals surface area contributed by atoms with Crippen molar-refractivity contribution in [2.75, 3.05) is 32.8 Å². The number of aryl methyl sites for hydroxylation is 1. The number of ether oxygens (including phenoxy) is 1. The Morgan fingerprint density at radius 1 is 0.968 bits per heavy atom. The summed E-state index contributed by atoms with van der Waals surface area (Å²) in [5, 5.41) is 0. The van der Waals surface area contributed by atoms with E-state index in [9.17, 15) is 9.59 Å². The van der Waals surface area contributed by atoms with Crippen LogP contribution in [-0.2, 0) is 27.3 Å². The fraction of sp³-hybridized carbons (Fsp3) is 0.520. The van der Waals surface area contributed by atoms with E-state index in [0.717, 1.165) is 37.2 Å². The molecule has 1 aromatic carbocycles. The third-order valence-corrected chi connectivity index (χ3v) is 5.10. The van der Waals surface area contributed by atoms with Crippen molar-refractivity contribution >= 4 is 11.9 Å². The second-order valence-electron chi connectivity index (χ2n) is 7.79. The van der Waals surface area contributed by atoms with Crippen LogP contribution in [0.3, 0.4) is 0 Å². The average molecular weight is 429 g/mol. The van der Waals surface area contributed by atoms with Gasteiger partial charge in [0.05, 0.1) is 26.2 Å². The highest BCUT2D eigenvalue weighted by atomic mass is 16.5. The van der Waals surface area contributed by atoms with Crippen LogP contribution < -0.4 is 0 Å². The van der Waals surface area contributed by atoms with Crippen molar-refractivity contribution in [3.8, 4) is 0 Å². The number of esters is 1. The molecule has 0 atom stereocenters. The van der Waals surface area contributed by atoms with E-state index in [1.165, 1.54) is 5.56 Å². The van der Waals surface area contributed by atoms with Crippen LogP contribution in [0.15, 0.2) is 46.9 Å². The summed E-state index contributed by atoms with van der Waals surface area (Å²) in [5.41, 5.74) is 1.18. The largest absolute Gasteiger partial charge is 0.465 e. The third kappa shape index (κ3) is 9.39. The van der Waals surface area contributed by atoms with Gasteiger partial charge in [-0.2, -0.15) is 0 Å². The number of rotatable bonds is 14. The molecule has 31 heavy (non-hydrogen) atoms. The number of furan rings is 1. The molecule has 0 aliphatic rings. The molecule has 1 heterocycles. The lowest BCUT2D eigenvalue weighted by molar-refractivity contribution is -0.145. The second-order valence-corrected chi connectivity index (χ2v) is 7.79. The molecular formula is C25H36N2O4. The van der Waals surface area contributed by atoms with E-state index in [2.05, 4.69) is 19.1 Å². The number of amides is 1. The first-order valence-electron chi connectivity index (χ1n) is 11.3. The van der Waals surface area contributed by atoms with Crippen molar-refractivity contribution in [3.05, 3.63) is 59.5 Å². The van der Waals surface area contributed by atoms with E-state index in [0.29, 0.717) is 26.2 Å². The maximum Gasteiger partial charge on any atom is 0.320 e. The topological polar surface area (TPSA) is 63.0 Å². The molecule has 2 aromatic rings. The number of nitrogens with zero attached hydrogens (tertiary/aromatic N) is 2. The van der Waals surface area contributed by atoms with Crippen LogP contribution >= 0.6 is 0 Å². The van der Waals surface area contributed by atoms with Crippen molar-refractivity contribution in [1.82, 2.24) is 9.80 Å². The van der Waals surface area contributed by atoms with Crippen LogP contribution in [0.1, 0.15) is 50.2 Å². The number of carbonyl (C=O) groups is 2. The Morgan fingerprint density at radius 2 is 1.74 bits per heavy atom. The summed E-state index contributed by atoms with van der Waals surface area (Å²) in [7, 11) is 0. The highest BCUT2D eigenvalue weighted by molar-refractivity contribution is 5.79. The van der Waals surface area contributed by atoms with E-state index >= 15 is 0 Å². The molecular weight excluding hydrogens is 392 g/mol. The predicted molar refractivity (Wildman–Crippen MR) is 122 cm³/mol. The molecule has 0 aliphatic heterocycles. The van der Waals surface area contributed by atoms with Gasteiger partial charge in [-0.15, -0.1) is 0 Å². The minimum atomic E-state index is -0.288. The molecule has 0 N–H and O–H groups in total. The fourth-order valence-corrected chi connectivity index (χ4v) is 3.44. The quantitative estimate of drug-likeness (QED) is 0.333. The maximum absolute atomic E-state index is 13.2. The maximum atomic E-state index is 13.2. The van der Waals surface area contributed by atoms with E-state index in [1.54, 1.807) is 6.92 Å². The van der Waals surface area contributed by atoms with Gasteiger partial charge < -0.3 is 14.1 Å². The zero-order chi connectivity index (χ0) is 22.5. The molecule has 0 saturated heterocycles. The Labute approximate surface area is 186 Å². The Balaban J connectivity index is 2.06. The second kappa shape index (κ2) is 13.7. The summed E-state index contributed by atoms with van der Waals surface area (Å²) >= 11 is 0. The predicted octanol–water partition coefficient (Wildman–Crippen LogP) is 4.21. The molecule has 1 amide bonds. The highest BCUT2D eigenvalue weighted by Crippen LogP contribution is 2.12. The Kier molecular flexibility index (Phi) is 10.9. The Hall–Kier alpha value is -2.60. The van der Waals surface area contributed by atoms with Crippen LogP contribution in [0.5, 0.6) is 0 Å². The Morgan fingerprint density at radius 3 is 2.39 bits per heavy atom. The fourth-order valence-electron chi connectivity index (χ4n) is 3.44. The monoisotopic (exact) mass is 428 g/mol. The molecule has 0 fully saturated rings. The van der Waals surface area contributed by atoms with Crippen molar-refractivity contribution < 1.29 is 18.7 Å². The molecule has 0 radical (unpaired) electrons. The molecule has 0 saturated carbocycles. The number of benzene rings is 1. The first-order valence-corrected chi connectivity index (χ1v) is 11.3. The average Bonchev–Trinajstić information content (AvgIpc) is 3.16. The van der Waals surface area contributed by atoms with E-state index in [1.807, 2.05) is 47.1 Å². The van der Waals surface area contributed by atoms with Gasteiger partial charge in [-0.1, -0.05) is 50.1 Å². The third-order valence-electron chi connectivity index (χ3n) is 5.10. The molecule has 170 valence electrons. The summed E-state index contributed by atoms with van der Waals surface area (Å²) in [4.78, 5) is 29.0. The minimum absolute atomic E-state index is 0.00854. The number of carbonyl (C=O) groups excluding carboxylic acids is 2. The smallest absolute Gasteiger partial charge is 0.320 e. The van der Waals surface area contributed by atoms with Crippen molar-refractivity contribution in [2.24, 2.45) is 0 Å². The summed E-state index contributed by atoms with van der Waals surface area (Å²) in [6.07, 6.45) is 3.86. The zero-order valence-electron chi connectivity index (χ0n) is 19.1. The number of hydrogen-bond acceptors (Lipinski definition) is 5. The Bertz CT molecular complexity index is 788. The van der Waals surface area contributed by atoms with Gasteiger partial charge in [0, 0.05) is 6.54 Å². The summed E-state index contributed by atoms with van der Waals surface area (Å²) in [5.74, 6) is 1.30. The van der Waals surface area contributed by atoms with Crippen LogP contribution in [-0.4, -0.2) is 54.5 Å². The zero-order valence-corrected chi connectivity index (χ0v) is 19.1.